The summed E-state index contributed by atoms with van der Waals surface area (Å²) in [6, 6.07) is 0.103. The van der Waals surface area contributed by atoms with Crippen molar-refractivity contribution in [2.75, 3.05) is 6.61 Å². The van der Waals surface area contributed by atoms with E-state index in [9.17, 15) is 9.90 Å². The summed E-state index contributed by atoms with van der Waals surface area (Å²) >= 11 is 6.15. The first-order valence-corrected chi connectivity index (χ1v) is 8.17. The quantitative estimate of drug-likeness (QED) is 0.832. The van der Waals surface area contributed by atoms with Gasteiger partial charge in [0.15, 0.2) is 0 Å². The van der Waals surface area contributed by atoms with Crippen molar-refractivity contribution in [1.29, 1.82) is 0 Å². The number of carbonyl (C=O) groups excluding carboxylic acids is 1. The van der Waals surface area contributed by atoms with Crippen molar-refractivity contribution < 1.29 is 9.90 Å². The first-order valence-electron chi connectivity index (χ1n) is 7.79. The van der Waals surface area contributed by atoms with Crippen LogP contribution in [0.5, 0.6) is 0 Å². The zero-order valence-electron chi connectivity index (χ0n) is 12.9. The number of rotatable bonds is 4. The Morgan fingerprint density at radius 1 is 1.50 bits per heavy atom. The molecule has 1 aromatic rings. The highest BCUT2D eigenvalue weighted by molar-refractivity contribution is 6.31. The highest BCUT2D eigenvalue weighted by Crippen LogP contribution is 2.48. The monoisotopic (exact) mass is 323 g/mol. The average molecular weight is 324 g/mol. The third kappa shape index (κ3) is 2.68. The molecule has 2 fully saturated rings. The molecule has 1 amide bonds. The fraction of sp³-hybridized carbons (Fsp3) is 0.625. The number of nitrogens with zero attached hydrogens (tertiary/aromatic N) is 2. The lowest BCUT2D eigenvalue weighted by molar-refractivity contribution is -0.117. The minimum atomic E-state index is -0.129. The lowest BCUT2D eigenvalue weighted by Gasteiger charge is -2.30. The molecule has 1 heterocycles. The fourth-order valence-corrected chi connectivity index (χ4v) is 4.34. The van der Waals surface area contributed by atoms with Crippen LogP contribution < -0.4 is 5.32 Å². The molecule has 0 saturated heterocycles. The number of nitrogens with one attached hydrogen (secondary N) is 1. The normalized spacial score (nSPS) is 30.4. The van der Waals surface area contributed by atoms with Crippen LogP contribution in [-0.2, 0) is 11.8 Å². The molecule has 3 rings (SSSR count). The summed E-state index contributed by atoms with van der Waals surface area (Å²) in [4.78, 5) is 12.2. The fourth-order valence-electron chi connectivity index (χ4n) is 4.11. The van der Waals surface area contributed by atoms with Gasteiger partial charge in [-0.1, -0.05) is 11.6 Å². The van der Waals surface area contributed by atoms with Crippen LogP contribution in [0.4, 0.5) is 0 Å². The number of hydrogen-bond donors (Lipinski definition) is 2. The van der Waals surface area contributed by atoms with Crippen LogP contribution in [0.3, 0.4) is 0 Å². The molecule has 22 heavy (non-hydrogen) atoms. The van der Waals surface area contributed by atoms with E-state index in [1.165, 1.54) is 12.5 Å². The SMILES string of the molecule is Cc1nn(C)c(Cl)c1/C=C/C(=O)NC1C2CCC(C2)C1CO. The molecule has 0 radical (unpaired) electrons. The van der Waals surface area contributed by atoms with Gasteiger partial charge in [0.25, 0.3) is 0 Å². The number of hydrogen-bond acceptors (Lipinski definition) is 3. The Labute approximate surface area is 135 Å². The molecule has 6 heteroatoms. The summed E-state index contributed by atoms with van der Waals surface area (Å²) in [5.74, 6) is 1.16. The lowest BCUT2D eigenvalue weighted by atomic mass is 9.85. The number of aryl methyl sites for hydroxylation is 2. The maximum absolute atomic E-state index is 12.2. The van der Waals surface area contributed by atoms with Crippen LogP contribution in [0, 0.1) is 24.7 Å². The molecule has 1 aromatic heterocycles. The van der Waals surface area contributed by atoms with Crippen LogP contribution in [0.15, 0.2) is 6.08 Å². The first-order chi connectivity index (χ1) is 10.5. The van der Waals surface area contributed by atoms with Gasteiger partial charge in [-0.05, 0) is 44.1 Å². The Hall–Kier alpha value is -1.33. The summed E-state index contributed by atoms with van der Waals surface area (Å²) in [6.07, 6.45) is 6.69. The molecule has 0 aromatic carbocycles. The van der Waals surface area contributed by atoms with Crippen molar-refractivity contribution in [2.45, 2.75) is 32.2 Å². The number of fused-ring (bicyclic) bond motifs is 2. The largest absolute Gasteiger partial charge is 0.396 e. The maximum atomic E-state index is 12.2. The number of carbonyl (C=O) groups is 1. The van der Waals surface area contributed by atoms with Crippen LogP contribution >= 0.6 is 11.6 Å². The summed E-state index contributed by atoms with van der Waals surface area (Å²) in [5.41, 5.74) is 1.57. The van der Waals surface area contributed by atoms with Gasteiger partial charge in [0.1, 0.15) is 5.15 Å². The minimum absolute atomic E-state index is 0.103. The molecule has 2 saturated carbocycles. The second-order valence-corrected chi connectivity index (χ2v) is 6.82. The molecule has 120 valence electrons. The van der Waals surface area contributed by atoms with Crippen LogP contribution in [0.1, 0.15) is 30.5 Å². The Kier molecular flexibility index (Phi) is 4.28. The van der Waals surface area contributed by atoms with Crippen molar-refractivity contribution in [3.8, 4) is 0 Å². The molecule has 2 aliphatic rings. The highest BCUT2D eigenvalue weighted by Gasteiger charge is 2.47. The van der Waals surface area contributed by atoms with Gasteiger partial charge < -0.3 is 10.4 Å². The van der Waals surface area contributed by atoms with E-state index in [1.54, 1.807) is 17.8 Å². The summed E-state index contributed by atoms with van der Waals surface area (Å²) in [7, 11) is 1.77. The third-order valence-electron chi connectivity index (χ3n) is 5.21. The Morgan fingerprint density at radius 2 is 2.23 bits per heavy atom. The zero-order chi connectivity index (χ0) is 15.9. The van der Waals surface area contributed by atoms with Gasteiger partial charge in [0.2, 0.25) is 5.91 Å². The maximum Gasteiger partial charge on any atom is 0.244 e. The van der Waals surface area contributed by atoms with E-state index in [0.717, 1.165) is 24.1 Å². The van der Waals surface area contributed by atoms with Crippen LogP contribution in [0.2, 0.25) is 5.15 Å². The van der Waals surface area contributed by atoms with E-state index in [-0.39, 0.29) is 24.5 Å². The number of aliphatic hydroxyl groups is 1. The molecule has 5 nitrogen and oxygen atoms in total. The summed E-state index contributed by atoms with van der Waals surface area (Å²) in [6.45, 7) is 2.02. The standard InChI is InChI=1S/C16H22ClN3O2/c1-9-12(16(17)20(2)19-9)5-6-14(22)18-15-11-4-3-10(7-11)13(15)8-21/h5-6,10-11,13,15,21H,3-4,7-8H2,1-2H3,(H,18,22)/b6-5+. The smallest absolute Gasteiger partial charge is 0.244 e. The zero-order valence-corrected chi connectivity index (χ0v) is 13.7. The Bertz CT molecular complexity index is 611. The van der Waals surface area contributed by atoms with Crippen molar-refractivity contribution in [2.24, 2.45) is 24.8 Å². The Balaban J connectivity index is 1.66. The van der Waals surface area contributed by atoms with E-state index < -0.39 is 0 Å². The highest BCUT2D eigenvalue weighted by atomic mass is 35.5. The molecule has 4 unspecified atom stereocenters. The molecule has 0 aliphatic heterocycles. The van der Waals surface area contributed by atoms with E-state index in [1.807, 2.05) is 6.92 Å². The number of amides is 1. The van der Waals surface area contributed by atoms with Crippen molar-refractivity contribution >= 4 is 23.6 Å². The van der Waals surface area contributed by atoms with Gasteiger partial charge in [0.05, 0.1) is 5.69 Å². The summed E-state index contributed by atoms with van der Waals surface area (Å²) < 4.78 is 1.59. The van der Waals surface area contributed by atoms with E-state index in [2.05, 4.69) is 10.4 Å². The second kappa shape index (κ2) is 6.05. The second-order valence-electron chi connectivity index (χ2n) is 6.46. The predicted molar refractivity (Wildman–Crippen MR) is 85.3 cm³/mol. The molecular weight excluding hydrogens is 302 g/mol. The first kappa shape index (κ1) is 15.6. The lowest BCUT2D eigenvalue weighted by Crippen LogP contribution is -2.44. The molecule has 2 bridgehead atoms. The van der Waals surface area contributed by atoms with Crippen LogP contribution in [-0.4, -0.2) is 33.4 Å². The van der Waals surface area contributed by atoms with Gasteiger partial charge in [-0.15, -0.1) is 0 Å². The van der Waals surface area contributed by atoms with Crippen molar-refractivity contribution in [1.82, 2.24) is 15.1 Å². The third-order valence-corrected chi connectivity index (χ3v) is 5.65. The van der Waals surface area contributed by atoms with Gasteiger partial charge >= 0.3 is 0 Å². The Morgan fingerprint density at radius 3 is 2.86 bits per heavy atom. The minimum Gasteiger partial charge on any atom is -0.396 e. The predicted octanol–water partition coefficient (Wildman–Crippen LogP) is 1.92. The number of halogens is 1. The topological polar surface area (TPSA) is 67.2 Å². The van der Waals surface area contributed by atoms with Gasteiger partial charge in [-0.25, -0.2) is 0 Å². The molecular formula is C16H22ClN3O2. The van der Waals surface area contributed by atoms with Gasteiger partial charge in [0, 0.05) is 37.3 Å². The van der Waals surface area contributed by atoms with Gasteiger partial charge in [-0.3, -0.25) is 9.48 Å². The van der Waals surface area contributed by atoms with Crippen molar-refractivity contribution in [3.05, 3.63) is 22.5 Å². The molecule has 2 N–H and O–H groups in total. The van der Waals surface area contributed by atoms with E-state index in [0.29, 0.717) is 17.0 Å². The average Bonchev–Trinajstić information content (AvgIpc) is 3.13. The molecule has 2 aliphatic carbocycles. The molecule has 0 spiro atoms. The van der Waals surface area contributed by atoms with Crippen LogP contribution in [0.25, 0.3) is 6.08 Å². The molecule has 4 atom stereocenters. The van der Waals surface area contributed by atoms with Gasteiger partial charge in [-0.2, -0.15) is 5.10 Å². The number of aromatic nitrogens is 2. The van der Waals surface area contributed by atoms with E-state index in [4.69, 9.17) is 11.6 Å². The van der Waals surface area contributed by atoms with Crippen molar-refractivity contribution in [3.63, 3.8) is 0 Å². The summed E-state index contributed by atoms with van der Waals surface area (Å²) in [5, 5.41) is 17.4. The van der Waals surface area contributed by atoms with E-state index >= 15 is 0 Å². The number of aliphatic hydroxyl groups excluding tert-OH is 1.